The van der Waals surface area contributed by atoms with Gasteiger partial charge in [0.25, 0.3) is 0 Å². The Kier molecular flexibility index (Phi) is 44.1. The predicted molar refractivity (Wildman–Crippen MR) is 74.8 cm³/mol. The molecular formula is C17H23O3Re. The van der Waals surface area contributed by atoms with Crippen LogP contribution in [0.5, 0.6) is 0 Å². The largest absolute Gasteiger partial charge is 0 e. The van der Waals surface area contributed by atoms with Crippen LogP contribution in [0.25, 0.3) is 0 Å². The van der Waals surface area contributed by atoms with Crippen molar-refractivity contribution in [1.82, 2.24) is 0 Å². The molecule has 0 N–H and O–H groups in total. The predicted octanol–water partition coefficient (Wildman–Crippen LogP) is 4.42. The van der Waals surface area contributed by atoms with Gasteiger partial charge in [0.15, 0.2) is 0 Å². The van der Waals surface area contributed by atoms with Gasteiger partial charge in [-0.15, -0.1) is 0 Å². The molecular weight excluding hydrogens is 438 g/mol. The Labute approximate surface area is 144 Å². The molecule has 0 unspecified atom stereocenters. The number of hydrogen-bond donors (Lipinski definition) is 0. The van der Waals surface area contributed by atoms with Crippen molar-refractivity contribution in [1.29, 1.82) is 0 Å². The Bertz CT molecular complexity index is 204. The summed E-state index contributed by atoms with van der Waals surface area (Å²) in [5.74, 6) is 1.51. The van der Waals surface area contributed by atoms with E-state index in [2.05, 4.69) is 52.6 Å². The van der Waals surface area contributed by atoms with E-state index in [0.29, 0.717) is 0 Å². The Morgan fingerprint density at radius 2 is 1.10 bits per heavy atom. The molecule has 0 spiro atoms. The summed E-state index contributed by atoms with van der Waals surface area (Å²) < 4.78 is 22.5. The molecule has 4 heteroatoms. The van der Waals surface area contributed by atoms with Crippen LogP contribution >= 0.6 is 0 Å². The van der Waals surface area contributed by atoms with E-state index in [1.807, 2.05) is 0 Å². The van der Waals surface area contributed by atoms with Crippen molar-refractivity contribution < 1.29 is 34.4 Å². The molecule has 0 aromatic rings. The maximum absolute atomic E-state index is 7.50. The van der Waals surface area contributed by atoms with Gasteiger partial charge in [-0.05, 0) is 38.0 Å². The molecule has 21 heavy (non-hydrogen) atoms. The zero-order valence-electron chi connectivity index (χ0n) is 12.6. The van der Waals surface area contributed by atoms with Crippen LogP contribution in [0.15, 0.2) is 0 Å². The van der Waals surface area contributed by atoms with E-state index in [-0.39, 0.29) is 20.4 Å². The first-order valence-corrected chi connectivity index (χ1v) is 6.75. The molecule has 3 nitrogen and oxygen atoms in total. The summed E-state index contributed by atoms with van der Waals surface area (Å²) in [6.45, 7) is 15.8. The van der Waals surface area contributed by atoms with Crippen LogP contribution in [0.4, 0.5) is 0 Å². The van der Waals surface area contributed by atoms with Gasteiger partial charge in [0.2, 0.25) is 0 Å². The fourth-order valence-electron chi connectivity index (χ4n) is 1.87. The fraction of sp³-hybridized carbons (Fsp3) is 0.529. The zero-order chi connectivity index (χ0) is 16.1. The van der Waals surface area contributed by atoms with E-state index in [1.54, 1.807) is 0 Å². The first kappa shape index (κ1) is 29.0. The van der Waals surface area contributed by atoms with Gasteiger partial charge in [0.1, 0.15) is 0 Å². The summed E-state index contributed by atoms with van der Waals surface area (Å²) in [5.41, 5.74) is 0. The summed E-state index contributed by atoms with van der Waals surface area (Å²) in [4.78, 5) is 0. The van der Waals surface area contributed by atoms with Crippen LogP contribution < -0.4 is 0 Å². The molecule has 1 rings (SSSR count). The minimum Gasteiger partial charge on any atom is 0 e. The first-order valence-electron chi connectivity index (χ1n) is 6.75. The van der Waals surface area contributed by atoms with Crippen LogP contribution in [-0.4, -0.2) is 0 Å². The summed E-state index contributed by atoms with van der Waals surface area (Å²) >= 11 is 0. The molecule has 0 bridgehead atoms. The SMILES string of the molecule is CCCCCCCCC[C]1[CH][CH][CH][CH]1.[C-]#[O+].[C-]#[O+].[C-]#[O+].[Re]. The van der Waals surface area contributed by atoms with Gasteiger partial charge in [0, 0.05) is 20.4 Å². The quantitative estimate of drug-likeness (QED) is 0.292. The van der Waals surface area contributed by atoms with Crippen molar-refractivity contribution in [2.24, 2.45) is 0 Å². The second kappa shape index (κ2) is 32.0. The average molecular weight is 462 g/mol. The minimum absolute atomic E-state index is 0. The standard InChI is InChI=1S/C14H23.3CO.Re/c1-2-3-4-5-6-7-8-11-14-12-9-10-13-14;3*1-2;/h9-10,12-13H,2-8,11H2,1H3;;;;. The molecule has 1 saturated carbocycles. The summed E-state index contributed by atoms with van der Waals surface area (Å²) in [5, 5.41) is 0. The second-order valence-electron chi connectivity index (χ2n) is 4.16. The number of rotatable bonds is 8. The van der Waals surface area contributed by atoms with Crippen molar-refractivity contribution >= 4 is 0 Å². The molecule has 0 atom stereocenters. The molecule has 0 aliphatic heterocycles. The van der Waals surface area contributed by atoms with Gasteiger partial charge >= 0.3 is 33.9 Å². The Balaban J connectivity index is -0.000000183. The van der Waals surface area contributed by atoms with E-state index in [0.717, 1.165) is 0 Å². The van der Waals surface area contributed by atoms with Crippen molar-refractivity contribution in [3.63, 3.8) is 0 Å². The molecule has 0 amide bonds. The minimum atomic E-state index is 0. The number of hydrogen-bond acceptors (Lipinski definition) is 0. The molecule has 1 fully saturated rings. The molecule has 0 aromatic heterocycles. The van der Waals surface area contributed by atoms with Crippen molar-refractivity contribution in [3.05, 3.63) is 51.6 Å². The smallest absolute Gasteiger partial charge is 0 e. The monoisotopic (exact) mass is 462 g/mol. The van der Waals surface area contributed by atoms with Gasteiger partial charge in [-0.3, -0.25) is 0 Å². The Morgan fingerprint density at radius 3 is 1.52 bits per heavy atom. The van der Waals surface area contributed by atoms with Gasteiger partial charge in [-0.1, -0.05) is 51.9 Å². The third kappa shape index (κ3) is 25.2. The van der Waals surface area contributed by atoms with E-state index < -0.39 is 0 Å². The maximum Gasteiger partial charge on any atom is 0 e. The molecule has 6 radical (unpaired) electrons. The summed E-state index contributed by atoms with van der Waals surface area (Å²) in [7, 11) is 0. The third-order valence-electron chi connectivity index (χ3n) is 2.80. The van der Waals surface area contributed by atoms with Gasteiger partial charge in [-0.2, -0.15) is 0 Å². The number of unbranched alkanes of at least 4 members (excludes halogenated alkanes) is 6. The van der Waals surface area contributed by atoms with Crippen LogP contribution in [0.3, 0.4) is 0 Å². The van der Waals surface area contributed by atoms with Crippen molar-refractivity contribution in [2.75, 3.05) is 0 Å². The van der Waals surface area contributed by atoms with Crippen molar-refractivity contribution in [3.8, 4) is 0 Å². The zero-order valence-corrected chi connectivity index (χ0v) is 15.3. The molecule has 0 heterocycles. The molecule has 1 aliphatic rings. The normalized spacial score (nSPS) is 12.1. The molecule has 116 valence electrons. The Morgan fingerprint density at radius 1 is 0.714 bits per heavy atom. The summed E-state index contributed by atoms with van der Waals surface area (Å²) in [6.07, 6.45) is 19.9. The van der Waals surface area contributed by atoms with Crippen LogP contribution in [0.1, 0.15) is 58.3 Å². The van der Waals surface area contributed by atoms with Gasteiger partial charge in [-0.25, -0.2) is 0 Å². The molecule has 0 saturated heterocycles. The topological polar surface area (TPSA) is 59.7 Å². The van der Waals surface area contributed by atoms with E-state index in [1.165, 1.54) is 57.3 Å². The van der Waals surface area contributed by atoms with Gasteiger partial charge in [0.05, 0.1) is 0 Å². The van der Waals surface area contributed by atoms with E-state index >= 15 is 0 Å². The Hall–Kier alpha value is -0.118. The average Bonchev–Trinajstić information content (AvgIpc) is 3.06. The van der Waals surface area contributed by atoms with Crippen LogP contribution in [0.2, 0.25) is 0 Å². The fourth-order valence-corrected chi connectivity index (χ4v) is 1.87. The van der Waals surface area contributed by atoms with Crippen LogP contribution in [0, 0.1) is 51.6 Å². The maximum atomic E-state index is 7.50. The molecule has 1 aliphatic carbocycles. The van der Waals surface area contributed by atoms with Gasteiger partial charge < -0.3 is 0 Å². The van der Waals surface area contributed by atoms with E-state index in [9.17, 15) is 0 Å². The van der Waals surface area contributed by atoms with Crippen LogP contribution in [-0.2, 0) is 34.4 Å². The summed E-state index contributed by atoms with van der Waals surface area (Å²) in [6, 6.07) is 0. The third-order valence-corrected chi connectivity index (χ3v) is 2.80. The van der Waals surface area contributed by atoms with E-state index in [4.69, 9.17) is 14.0 Å². The van der Waals surface area contributed by atoms with Crippen molar-refractivity contribution in [2.45, 2.75) is 58.3 Å². The first-order chi connectivity index (χ1) is 9.93. The second-order valence-corrected chi connectivity index (χ2v) is 4.16. The molecule has 0 aromatic carbocycles.